The molecule has 1 saturated heterocycles. The van der Waals surface area contributed by atoms with Crippen molar-refractivity contribution in [1.29, 1.82) is 0 Å². The molecule has 5 nitrogen and oxygen atoms in total. The number of carbonyl (C=O) groups is 2. The van der Waals surface area contributed by atoms with Crippen molar-refractivity contribution >= 4 is 46.4 Å². The average molecular weight is 455 g/mol. The normalized spacial score (nSPS) is 15.8. The van der Waals surface area contributed by atoms with Crippen LogP contribution in [0.1, 0.15) is 12.0 Å². The number of benzene rings is 3. The number of nitrogens with one attached hydrogen (secondary N) is 1. The summed E-state index contributed by atoms with van der Waals surface area (Å²) in [6, 6.07) is 20.0. The van der Waals surface area contributed by atoms with Crippen LogP contribution in [0.25, 0.3) is 0 Å². The fraction of sp³-hybridized carbons (Fsp3) is 0.167. The number of anilines is 2. The van der Waals surface area contributed by atoms with Gasteiger partial charge in [0.15, 0.2) is 0 Å². The van der Waals surface area contributed by atoms with Gasteiger partial charge in [-0.1, -0.05) is 47.5 Å². The van der Waals surface area contributed by atoms with Crippen LogP contribution in [0.5, 0.6) is 11.5 Å². The van der Waals surface area contributed by atoms with Crippen molar-refractivity contribution < 1.29 is 14.3 Å². The first-order chi connectivity index (χ1) is 14.9. The number of amides is 2. The highest BCUT2D eigenvalue weighted by atomic mass is 35.5. The van der Waals surface area contributed by atoms with Crippen LogP contribution in [0.3, 0.4) is 0 Å². The van der Waals surface area contributed by atoms with E-state index in [-0.39, 0.29) is 24.8 Å². The summed E-state index contributed by atoms with van der Waals surface area (Å²) < 4.78 is 5.88. The van der Waals surface area contributed by atoms with E-state index in [9.17, 15) is 9.59 Å². The molecule has 31 heavy (non-hydrogen) atoms. The molecule has 0 saturated carbocycles. The Bertz CT molecular complexity index is 1130. The van der Waals surface area contributed by atoms with Crippen molar-refractivity contribution in [1.82, 2.24) is 0 Å². The molecule has 1 aliphatic heterocycles. The number of rotatable bonds is 5. The molecule has 3 aromatic rings. The van der Waals surface area contributed by atoms with Gasteiger partial charge in [-0.15, -0.1) is 0 Å². The van der Waals surface area contributed by atoms with Crippen molar-refractivity contribution in [2.45, 2.75) is 13.3 Å². The van der Waals surface area contributed by atoms with Crippen LogP contribution in [-0.4, -0.2) is 18.4 Å². The molecule has 0 radical (unpaired) electrons. The fourth-order valence-electron chi connectivity index (χ4n) is 3.47. The standard InChI is InChI=1S/C24H20Cl2N2O3/c1-15-5-2-3-8-21(15)31-18-11-9-17(10-12-18)27-24(30)16-13-22(29)28(14-16)20-7-4-6-19(25)23(20)26/h2-12,16H,13-14H2,1H3,(H,27,30)/t16-/m0/s1. The van der Waals surface area contributed by atoms with E-state index < -0.39 is 5.92 Å². The molecule has 2 amide bonds. The second-order valence-corrected chi connectivity index (χ2v) is 8.14. The summed E-state index contributed by atoms with van der Waals surface area (Å²) in [6.45, 7) is 2.23. The number of halogens is 2. The van der Waals surface area contributed by atoms with Crippen LogP contribution < -0.4 is 15.0 Å². The lowest BCUT2D eigenvalue weighted by Crippen LogP contribution is -2.28. The fourth-order valence-corrected chi connectivity index (χ4v) is 3.86. The third kappa shape index (κ3) is 4.68. The Hall–Kier alpha value is -3.02. The summed E-state index contributed by atoms with van der Waals surface area (Å²) >= 11 is 12.3. The first-order valence-electron chi connectivity index (χ1n) is 9.81. The second kappa shape index (κ2) is 9.00. The molecule has 0 unspecified atom stereocenters. The number of carbonyl (C=O) groups excluding carboxylic acids is 2. The first kappa shape index (κ1) is 21.2. The van der Waals surface area contributed by atoms with E-state index in [0.717, 1.165) is 11.3 Å². The molecule has 3 aromatic carbocycles. The van der Waals surface area contributed by atoms with Crippen LogP contribution in [0.4, 0.5) is 11.4 Å². The number of nitrogens with zero attached hydrogens (tertiary/aromatic N) is 1. The molecule has 1 fully saturated rings. The minimum Gasteiger partial charge on any atom is -0.457 e. The summed E-state index contributed by atoms with van der Waals surface area (Å²) in [6.07, 6.45) is 0.114. The number of aryl methyl sites for hydroxylation is 1. The Balaban J connectivity index is 1.40. The molecule has 1 N–H and O–H groups in total. The lowest BCUT2D eigenvalue weighted by molar-refractivity contribution is -0.122. The summed E-state index contributed by atoms with van der Waals surface area (Å²) in [5.41, 5.74) is 2.19. The molecule has 1 aliphatic rings. The number of hydrogen-bond acceptors (Lipinski definition) is 3. The van der Waals surface area contributed by atoms with Gasteiger partial charge >= 0.3 is 0 Å². The highest BCUT2D eigenvalue weighted by Gasteiger charge is 2.36. The number of para-hydroxylation sites is 1. The molecule has 4 rings (SSSR count). The number of hydrogen-bond donors (Lipinski definition) is 1. The molecule has 158 valence electrons. The third-order valence-electron chi connectivity index (χ3n) is 5.16. The van der Waals surface area contributed by atoms with Crippen LogP contribution in [0.2, 0.25) is 10.0 Å². The van der Waals surface area contributed by atoms with Crippen molar-refractivity contribution in [2.24, 2.45) is 5.92 Å². The Morgan fingerprint density at radius 3 is 2.52 bits per heavy atom. The van der Waals surface area contributed by atoms with Crippen molar-refractivity contribution in [3.8, 4) is 11.5 Å². The molecular weight excluding hydrogens is 435 g/mol. The van der Waals surface area contributed by atoms with E-state index in [1.54, 1.807) is 42.5 Å². The van der Waals surface area contributed by atoms with Gasteiger partial charge < -0.3 is 15.0 Å². The van der Waals surface area contributed by atoms with E-state index in [4.69, 9.17) is 27.9 Å². The smallest absolute Gasteiger partial charge is 0.229 e. The van der Waals surface area contributed by atoms with Gasteiger partial charge in [0.05, 0.1) is 21.7 Å². The second-order valence-electron chi connectivity index (χ2n) is 7.36. The lowest BCUT2D eigenvalue weighted by atomic mass is 10.1. The Kier molecular flexibility index (Phi) is 6.16. The quantitative estimate of drug-likeness (QED) is 0.507. The van der Waals surface area contributed by atoms with Gasteiger partial charge in [-0.05, 0) is 55.0 Å². The molecule has 1 atom stereocenters. The van der Waals surface area contributed by atoms with Crippen molar-refractivity contribution in [3.05, 3.63) is 82.3 Å². The van der Waals surface area contributed by atoms with E-state index in [1.165, 1.54) is 4.90 Å². The predicted molar refractivity (Wildman–Crippen MR) is 123 cm³/mol. The SMILES string of the molecule is Cc1ccccc1Oc1ccc(NC(=O)[C@H]2CC(=O)N(c3cccc(Cl)c3Cl)C2)cc1. The third-order valence-corrected chi connectivity index (χ3v) is 5.97. The zero-order valence-electron chi connectivity index (χ0n) is 16.8. The maximum absolute atomic E-state index is 12.7. The highest BCUT2D eigenvalue weighted by Crippen LogP contribution is 2.36. The van der Waals surface area contributed by atoms with Crippen LogP contribution in [0.15, 0.2) is 66.7 Å². The van der Waals surface area contributed by atoms with E-state index in [2.05, 4.69) is 5.32 Å². The predicted octanol–water partition coefficient (Wildman–Crippen LogP) is 6.09. The summed E-state index contributed by atoms with van der Waals surface area (Å²) in [7, 11) is 0. The Morgan fingerprint density at radius 2 is 1.77 bits per heavy atom. The van der Waals surface area contributed by atoms with E-state index in [0.29, 0.717) is 27.2 Å². The summed E-state index contributed by atoms with van der Waals surface area (Å²) in [4.78, 5) is 26.7. The molecule has 0 spiro atoms. The summed E-state index contributed by atoms with van der Waals surface area (Å²) in [5, 5.41) is 3.55. The highest BCUT2D eigenvalue weighted by molar-refractivity contribution is 6.44. The van der Waals surface area contributed by atoms with Gasteiger partial charge in [0, 0.05) is 18.7 Å². The minimum absolute atomic E-state index is 0.114. The lowest BCUT2D eigenvalue weighted by Gasteiger charge is -2.18. The van der Waals surface area contributed by atoms with Gasteiger partial charge in [-0.3, -0.25) is 9.59 Å². The van der Waals surface area contributed by atoms with Crippen LogP contribution in [-0.2, 0) is 9.59 Å². The van der Waals surface area contributed by atoms with Crippen molar-refractivity contribution in [3.63, 3.8) is 0 Å². The number of ether oxygens (including phenoxy) is 1. The van der Waals surface area contributed by atoms with Gasteiger partial charge in [0.1, 0.15) is 11.5 Å². The zero-order valence-corrected chi connectivity index (χ0v) is 18.3. The first-order valence-corrected chi connectivity index (χ1v) is 10.6. The largest absolute Gasteiger partial charge is 0.457 e. The monoisotopic (exact) mass is 454 g/mol. The Morgan fingerprint density at radius 1 is 1.03 bits per heavy atom. The zero-order chi connectivity index (χ0) is 22.0. The van der Waals surface area contributed by atoms with Gasteiger partial charge in [0.2, 0.25) is 11.8 Å². The molecular formula is C24H20Cl2N2O3. The molecule has 7 heteroatoms. The molecule has 0 aliphatic carbocycles. The van der Waals surface area contributed by atoms with Crippen molar-refractivity contribution in [2.75, 3.05) is 16.8 Å². The van der Waals surface area contributed by atoms with Crippen LogP contribution in [0, 0.1) is 12.8 Å². The molecule has 0 bridgehead atoms. The maximum atomic E-state index is 12.7. The Labute approximate surface area is 190 Å². The van der Waals surface area contributed by atoms with E-state index >= 15 is 0 Å². The summed E-state index contributed by atoms with van der Waals surface area (Å²) in [5.74, 6) is 0.590. The van der Waals surface area contributed by atoms with Crippen LogP contribution >= 0.6 is 23.2 Å². The van der Waals surface area contributed by atoms with E-state index in [1.807, 2.05) is 31.2 Å². The van der Waals surface area contributed by atoms with Gasteiger partial charge in [-0.25, -0.2) is 0 Å². The molecule has 1 heterocycles. The molecule has 0 aromatic heterocycles. The van der Waals surface area contributed by atoms with Gasteiger partial charge in [-0.2, -0.15) is 0 Å². The average Bonchev–Trinajstić information content (AvgIpc) is 3.15. The maximum Gasteiger partial charge on any atom is 0.229 e. The van der Waals surface area contributed by atoms with Gasteiger partial charge in [0.25, 0.3) is 0 Å². The minimum atomic E-state index is -0.481. The topological polar surface area (TPSA) is 58.6 Å².